The van der Waals surface area contributed by atoms with Crippen LogP contribution in [0, 0.1) is 6.92 Å². The van der Waals surface area contributed by atoms with Gasteiger partial charge in [-0.1, -0.05) is 6.07 Å². The van der Waals surface area contributed by atoms with Gasteiger partial charge in [-0.25, -0.2) is 0 Å². The third-order valence-corrected chi connectivity index (χ3v) is 2.96. The summed E-state index contributed by atoms with van der Waals surface area (Å²) < 4.78 is 1.10. The van der Waals surface area contributed by atoms with Crippen LogP contribution < -0.4 is 0 Å². The molecule has 2 aromatic rings. The molecule has 0 radical (unpaired) electrons. The summed E-state index contributed by atoms with van der Waals surface area (Å²) in [7, 11) is 0. The summed E-state index contributed by atoms with van der Waals surface area (Å²) in [4.78, 5) is 10.6. The lowest BCUT2D eigenvalue weighted by Gasteiger charge is -1.97. The van der Waals surface area contributed by atoms with Crippen molar-refractivity contribution in [3.63, 3.8) is 0 Å². The minimum atomic E-state index is 0.797. The highest BCUT2D eigenvalue weighted by Gasteiger charge is 2.02. The predicted molar refractivity (Wildman–Crippen MR) is 51.9 cm³/mol. The SMILES string of the molecule is Cc1ccc(C=O)c2sccc12. The lowest BCUT2D eigenvalue weighted by molar-refractivity contribution is 0.112. The van der Waals surface area contributed by atoms with Crippen molar-refractivity contribution < 1.29 is 4.79 Å². The summed E-state index contributed by atoms with van der Waals surface area (Å²) in [6.45, 7) is 2.06. The molecule has 0 bridgehead atoms. The number of thiophene rings is 1. The van der Waals surface area contributed by atoms with Crippen molar-refractivity contribution in [2.75, 3.05) is 0 Å². The molecule has 12 heavy (non-hydrogen) atoms. The standard InChI is InChI=1S/C10H8OS/c1-7-2-3-8(6-11)10-9(7)4-5-12-10/h2-6H,1H3. The fourth-order valence-electron chi connectivity index (χ4n) is 1.32. The number of carbonyl (C=O) groups is 1. The molecule has 0 unspecified atom stereocenters. The summed E-state index contributed by atoms with van der Waals surface area (Å²) in [5.41, 5.74) is 2.03. The van der Waals surface area contributed by atoms with Gasteiger partial charge in [0.15, 0.2) is 6.29 Å². The normalized spacial score (nSPS) is 10.4. The second kappa shape index (κ2) is 2.72. The van der Waals surface area contributed by atoms with E-state index in [0.29, 0.717) is 0 Å². The number of rotatable bonds is 1. The number of hydrogen-bond acceptors (Lipinski definition) is 2. The van der Waals surface area contributed by atoms with E-state index in [2.05, 4.69) is 13.0 Å². The van der Waals surface area contributed by atoms with Crippen molar-refractivity contribution >= 4 is 27.7 Å². The van der Waals surface area contributed by atoms with Crippen LogP contribution in [0.5, 0.6) is 0 Å². The van der Waals surface area contributed by atoms with E-state index in [4.69, 9.17) is 0 Å². The first-order valence-corrected chi connectivity index (χ1v) is 4.63. The van der Waals surface area contributed by atoms with Crippen molar-refractivity contribution in [1.82, 2.24) is 0 Å². The first-order chi connectivity index (χ1) is 5.83. The molecule has 2 heteroatoms. The maximum atomic E-state index is 10.6. The Kier molecular flexibility index (Phi) is 1.70. The number of fused-ring (bicyclic) bond motifs is 1. The molecule has 0 amide bonds. The summed E-state index contributed by atoms with van der Waals surface area (Å²) >= 11 is 1.62. The molecule has 1 nitrogen and oxygen atoms in total. The quantitative estimate of drug-likeness (QED) is 0.610. The molecule has 1 aromatic heterocycles. The zero-order chi connectivity index (χ0) is 8.55. The summed E-state index contributed by atoms with van der Waals surface area (Å²) in [5, 5.41) is 3.22. The molecule has 0 aliphatic rings. The Hall–Kier alpha value is -1.15. The van der Waals surface area contributed by atoms with Crippen molar-refractivity contribution in [1.29, 1.82) is 0 Å². The molecule has 1 aromatic carbocycles. The van der Waals surface area contributed by atoms with Crippen molar-refractivity contribution in [3.05, 3.63) is 34.7 Å². The van der Waals surface area contributed by atoms with E-state index < -0.39 is 0 Å². The Labute approximate surface area is 74.6 Å². The van der Waals surface area contributed by atoms with E-state index in [9.17, 15) is 4.79 Å². The van der Waals surface area contributed by atoms with E-state index >= 15 is 0 Å². The third kappa shape index (κ3) is 0.959. The van der Waals surface area contributed by atoms with Crippen LogP contribution in [0.1, 0.15) is 15.9 Å². The van der Waals surface area contributed by atoms with Crippen LogP contribution >= 0.6 is 11.3 Å². The Morgan fingerprint density at radius 1 is 1.33 bits per heavy atom. The van der Waals surface area contributed by atoms with E-state index in [0.717, 1.165) is 16.5 Å². The van der Waals surface area contributed by atoms with E-state index in [-0.39, 0.29) is 0 Å². The average molecular weight is 176 g/mol. The smallest absolute Gasteiger partial charge is 0.151 e. The van der Waals surface area contributed by atoms with Gasteiger partial charge in [-0.2, -0.15) is 0 Å². The highest BCUT2D eigenvalue weighted by atomic mass is 32.1. The molecular weight excluding hydrogens is 168 g/mol. The number of benzene rings is 1. The molecule has 0 aliphatic heterocycles. The largest absolute Gasteiger partial charge is 0.298 e. The maximum absolute atomic E-state index is 10.6. The van der Waals surface area contributed by atoms with Crippen molar-refractivity contribution in [2.24, 2.45) is 0 Å². The van der Waals surface area contributed by atoms with Crippen LogP contribution in [-0.4, -0.2) is 6.29 Å². The summed E-state index contributed by atoms with van der Waals surface area (Å²) in [5.74, 6) is 0. The lowest BCUT2D eigenvalue weighted by Crippen LogP contribution is -1.80. The van der Waals surface area contributed by atoms with Gasteiger partial charge >= 0.3 is 0 Å². The molecular formula is C10H8OS. The average Bonchev–Trinajstić information content (AvgIpc) is 2.54. The Morgan fingerprint density at radius 3 is 2.92 bits per heavy atom. The fourth-order valence-corrected chi connectivity index (χ4v) is 2.26. The first kappa shape index (κ1) is 7.50. The fraction of sp³-hybridized carbons (Fsp3) is 0.100. The second-order valence-corrected chi connectivity index (χ2v) is 3.67. The van der Waals surface area contributed by atoms with Gasteiger partial charge in [-0.05, 0) is 35.4 Å². The first-order valence-electron chi connectivity index (χ1n) is 3.75. The highest BCUT2D eigenvalue weighted by molar-refractivity contribution is 7.17. The van der Waals surface area contributed by atoms with Gasteiger partial charge < -0.3 is 0 Å². The predicted octanol–water partition coefficient (Wildman–Crippen LogP) is 3.02. The van der Waals surface area contributed by atoms with E-state index in [1.807, 2.05) is 17.5 Å². The number of carbonyl (C=O) groups excluding carboxylic acids is 1. The maximum Gasteiger partial charge on any atom is 0.151 e. The van der Waals surface area contributed by atoms with Gasteiger partial charge in [-0.3, -0.25) is 4.79 Å². The molecule has 2 rings (SSSR count). The van der Waals surface area contributed by atoms with Crippen LogP contribution in [0.3, 0.4) is 0 Å². The molecule has 60 valence electrons. The summed E-state index contributed by atoms with van der Waals surface area (Å²) in [6, 6.07) is 5.92. The third-order valence-electron chi connectivity index (χ3n) is 1.99. The molecule has 1 heterocycles. The second-order valence-electron chi connectivity index (χ2n) is 2.75. The molecule has 0 N–H and O–H groups in total. The Morgan fingerprint density at radius 2 is 2.17 bits per heavy atom. The van der Waals surface area contributed by atoms with Crippen LogP contribution in [0.15, 0.2) is 23.6 Å². The summed E-state index contributed by atoms with van der Waals surface area (Å²) in [6.07, 6.45) is 0.915. The van der Waals surface area contributed by atoms with Crippen molar-refractivity contribution in [2.45, 2.75) is 6.92 Å². The van der Waals surface area contributed by atoms with Crippen LogP contribution in [-0.2, 0) is 0 Å². The minimum Gasteiger partial charge on any atom is -0.298 e. The number of hydrogen-bond donors (Lipinski definition) is 0. The Balaban J connectivity index is 2.91. The molecule has 0 aliphatic carbocycles. The van der Waals surface area contributed by atoms with Gasteiger partial charge in [0.25, 0.3) is 0 Å². The van der Waals surface area contributed by atoms with Gasteiger partial charge in [0.05, 0.1) is 0 Å². The van der Waals surface area contributed by atoms with Gasteiger partial charge in [0.2, 0.25) is 0 Å². The van der Waals surface area contributed by atoms with Crippen LogP contribution in [0.2, 0.25) is 0 Å². The lowest BCUT2D eigenvalue weighted by atomic mass is 10.1. The van der Waals surface area contributed by atoms with Crippen molar-refractivity contribution in [3.8, 4) is 0 Å². The topological polar surface area (TPSA) is 17.1 Å². The minimum absolute atomic E-state index is 0.797. The highest BCUT2D eigenvalue weighted by Crippen LogP contribution is 2.26. The Bertz CT molecular complexity index is 428. The monoisotopic (exact) mass is 176 g/mol. The number of aldehydes is 1. The van der Waals surface area contributed by atoms with E-state index in [1.54, 1.807) is 11.3 Å². The van der Waals surface area contributed by atoms with Gasteiger partial charge in [-0.15, -0.1) is 11.3 Å². The molecule has 0 saturated heterocycles. The van der Waals surface area contributed by atoms with Crippen LogP contribution in [0.4, 0.5) is 0 Å². The van der Waals surface area contributed by atoms with Gasteiger partial charge in [0.1, 0.15) is 0 Å². The van der Waals surface area contributed by atoms with Gasteiger partial charge in [0, 0.05) is 10.3 Å². The zero-order valence-corrected chi connectivity index (χ0v) is 7.52. The molecule has 0 saturated carbocycles. The zero-order valence-electron chi connectivity index (χ0n) is 6.70. The molecule has 0 atom stereocenters. The van der Waals surface area contributed by atoms with E-state index in [1.165, 1.54) is 10.9 Å². The van der Waals surface area contributed by atoms with Crippen LogP contribution in [0.25, 0.3) is 10.1 Å². The number of aryl methyl sites for hydroxylation is 1. The molecule has 0 spiro atoms. The molecule has 0 fully saturated rings.